The molecular weight excluding hydrogens is 236 g/mol. The molecule has 1 aliphatic rings. The number of nitrogens with zero attached hydrogens (tertiary/aromatic N) is 1. The number of carboxylic acids is 1. The van der Waals surface area contributed by atoms with Gasteiger partial charge in [0.1, 0.15) is 6.26 Å². The molecule has 1 fully saturated rings. The van der Waals surface area contributed by atoms with Crippen LogP contribution in [0.5, 0.6) is 0 Å². The molecule has 1 amide bonds. The van der Waals surface area contributed by atoms with E-state index in [1.165, 1.54) is 6.26 Å². The van der Waals surface area contributed by atoms with Crippen molar-refractivity contribution >= 4 is 17.9 Å². The van der Waals surface area contributed by atoms with Gasteiger partial charge in [-0.15, -0.1) is 0 Å². The van der Waals surface area contributed by atoms with E-state index in [2.05, 4.69) is 10.3 Å². The first-order chi connectivity index (χ1) is 8.47. The van der Waals surface area contributed by atoms with E-state index in [1.54, 1.807) is 6.92 Å². The van der Waals surface area contributed by atoms with E-state index < -0.39 is 17.8 Å². The predicted octanol–water partition coefficient (Wildman–Crippen LogP) is 1.67. The summed E-state index contributed by atoms with van der Waals surface area (Å²) in [6.45, 7) is 3.70. The third-order valence-corrected chi connectivity index (χ3v) is 3.30. The summed E-state index contributed by atoms with van der Waals surface area (Å²) in [5.74, 6) is -2.12. The van der Waals surface area contributed by atoms with E-state index >= 15 is 0 Å². The summed E-state index contributed by atoms with van der Waals surface area (Å²) in [7, 11) is 0. The van der Waals surface area contributed by atoms with Gasteiger partial charge in [0, 0.05) is 0 Å². The number of aromatic nitrogens is 1. The Balaban J connectivity index is 2.06. The second kappa shape index (κ2) is 4.80. The number of nitrogens with one attached hydrogen (secondary N) is 1. The van der Waals surface area contributed by atoms with Crippen molar-refractivity contribution in [1.29, 1.82) is 0 Å². The number of amides is 1. The molecule has 2 N–H and O–H groups in total. The Morgan fingerprint density at radius 2 is 2.11 bits per heavy atom. The summed E-state index contributed by atoms with van der Waals surface area (Å²) in [4.78, 5) is 27.1. The van der Waals surface area contributed by atoms with Crippen LogP contribution in [0.2, 0.25) is 0 Å². The van der Waals surface area contributed by atoms with Gasteiger partial charge >= 0.3 is 12.0 Å². The van der Waals surface area contributed by atoms with Crippen LogP contribution in [0.15, 0.2) is 10.7 Å². The van der Waals surface area contributed by atoms with Crippen molar-refractivity contribution in [3.05, 3.63) is 12.0 Å². The lowest BCUT2D eigenvalue weighted by molar-refractivity contribution is -0.145. The number of carbonyl (C=O) groups excluding carboxylic acids is 1. The molecular formula is C12H16N2O4. The van der Waals surface area contributed by atoms with Gasteiger partial charge in [-0.1, -0.05) is 6.92 Å². The Morgan fingerprint density at radius 3 is 2.67 bits per heavy atom. The molecule has 2 rings (SSSR count). The Labute approximate surface area is 104 Å². The van der Waals surface area contributed by atoms with Crippen molar-refractivity contribution in [1.82, 2.24) is 4.98 Å². The zero-order valence-electron chi connectivity index (χ0n) is 10.3. The van der Waals surface area contributed by atoms with Gasteiger partial charge in [-0.05, 0) is 25.7 Å². The summed E-state index contributed by atoms with van der Waals surface area (Å²) in [5.41, 5.74) is 0.667. The lowest BCUT2D eigenvalue weighted by Crippen LogP contribution is -2.30. The van der Waals surface area contributed by atoms with E-state index in [0.29, 0.717) is 18.5 Å². The standard InChI is InChI=1S/C12H16N2O4/c1-6-3-8(9(4-6)11(16)17)10(15)14-12-13-7(2)5-18-12/h5-6,8-9H,3-4H2,1-2H3,(H,16,17)(H,13,14,15)/t6?,8-,9+/m0/s1. The maximum atomic E-state index is 12.0. The van der Waals surface area contributed by atoms with E-state index in [1.807, 2.05) is 6.92 Å². The van der Waals surface area contributed by atoms with Crippen molar-refractivity contribution in [2.75, 3.05) is 5.32 Å². The molecule has 0 bridgehead atoms. The van der Waals surface area contributed by atoms with Crippen molar-refractivity contribution in [3.63, 3.8) is 0 Å². The second-order valence-electron chi connectivity index (χ2n) is 4.91. The molecule has 0 saturated heterocycles. The van der Waals surface area contributed by atoms with Crippen LogP contribution in [0.1, 0.15) is 25.5 Å². The molecule has 0 radical (unpaired) electrons. The number of oxazole rings is 1. The number of carbonyl (C=O) groups is 2. The van der Waals surface area contributed by atoms with Gasteiger partial charge in [-0.2, -0.15) is 4.98 Å². The van der Waals surface area contributed by atoms with E-state index in [4.69, 9.17) is 9.52 Å². The fraction of sp³-hybridized carbons (Fsp3) is 0.583. The van der Waals surface area contributed by atoms with Crippen LogP contribution in [-0.2, 0) is 9.59 Å². The third-order valence-electron chi connectivity index (χ3n) is 3.30. The maximum Gasteiger partial charge on any atom is 0.307 e. The average molecular weight is 252 g/mol. The first-order valence-electron chi connectivity index (χ1n) is 5.93. The summed E-state index contributed by atoms with van der Waals surface area (Å²) >= 11 is 0. The summed E-state index contributed by atoms with van der Waals surface area (Å²) in [6, 6.07) is 0.126. The molecule has 0 aromatic carbocycles. The van der Waals surface area contributed by atoms with Crippen molar-refractivity contribution in [3.8, 4) is 0 Å². The van der Waals surface area contributed by atoms with Crippen molar-refractivity contribution in [2.45, 2.75) is 26.7 Å². The lowest BCUT2D eigenvalue weighted by Gasteiger charge is -2.13. The zero-order valence-corrected chi connectivity index (χ0v) is 10.3. The highest BCUT2D eigenvalue weighted by molar-refractivity contribution is 5.93. The van der Waals surface area contributed by atoms with E-state index in [-0.39, 0.29) is 17.8 Å². The van der Waals surface area contributed by atoms with Gasteiger partial charge in [0.25, 0.3) is 0 Å². The van der Waals surface area contributed by atoms with Gasteiger partial charge in [-0.3, -0.25) is 14.9 Å². The summed E-state index contributed by atoms with van der Waals surface area (Å²) < 4.78 is 5.03. The van der Waals surface area contributed by atoms with Gasteiger partial charge in [-0.25, -0.2) is 0 Å². The molecule has 1 heterocycles. The highest BCUT2D eigenvalue weighted by Gasteiger charge is 2.41. The lowest BCUT2D eigenvalue weighted by atomic mass is 9.95. The Bertz CT molecular complexity index is 468. The van der Waals surface area contributed by atoms with Gasteiger partial charge in [0.2, 0.25) is 5.91 Å². The number of anilines is 1. The molecule has 1 unspecified atom stereocenters. The molecule has 3 atom stereocenters. The number of hydrogen-bond acceptors (Lipinski definition) is 4. The molecule has 1 aromatic heterocycles. The quantitative estimate of drug-likeness (QED) is 0.853. The number of carboxylic acid groups (broad SMARTS) is 1. The minimum absolute atomic E-state index is 0.126. The van der Waals surface area contributed by atoms with Gasteiger partial charge < -0.3 is 9.52 Å². The van der Waals surface area contributed by atoms with Crippen LogP contribution in [0, 0.1) is 24.7 Å². The zero-order chi connectivity index (χ0) is 13.3. The minimum atomic E-state index is -0.914. The Kier molecular flexibility index (Phi) is 3.36. The Hall–Kier alpha value is -1.85. The Morgan fingerprint density at radius 1 is 1.44 bits per heavy atom. The van der Waals surface area contributed by atoms with E-state index in [0.717, 1.165) is 0 Å². The monoisotopic (exact) mass is 252 g/mol. The molecule has 18 heavy (non-hydrogen) atoms. The molecule has 1 aromatic rings. The largest absolute Gasteiger partial charge is 0.481 e. The van der Waals surface area contributed by atoms with Crippen LogP contribution in [0.3, 0.4) is 0 Å². The normalized spacial score (nSPS) is 27.1. The highest BCUT2D eigenvalue weighted by atomic mass is 16.4. The molecule has 6 heteroatoms. The highest BCUT2D eigenvalue weighted by Crippen LogP contribution is 2.37. The second-order valence-corrected chi connectivity index (χ2v) is 4.91. The summed E-state index contributed by atoms with van der Waals surface area (Å²) in [5, 5.41) is 11.6. The van der Waals surface area contributed by atoms with Crippen molar-refractivity contribution < 1.29 is 19.1 Å². The SMILES string of the molecule is Cc1coc(NC(=O)[C@H]2CC(C)C[C@H]2C(=O)O)n1. The van der Waals surface area contributed by atoms with Crippen LogP contribution in [-0.4, -0.2) is 22.0 Å². The van der Waals surface area contributed by atoms with Crippen LogP contribution in [0.4, 0.5) is 6.01 Å². The maximum absolute atomic E-state index is 12.0. The number of hydrogen-bond donors (Lipinski definition) is 2. The summed E-state index contributed by atoms with van der Waals surface area (Å²) in [6.07, 6.45) is 2.56. The molecule has 0 aliphatic heterocycles. The fourth-order valence-electron chi connectivity index (χ4n) is 2.46. The molecule has 1 saturated carbocycles. The first kappa shape index (κ1) is 12.6. The van der Waals surface area contributed by atoms with Gasteiger partial charge in [0.05, 0.1) is 17.5 Å². The predicted molar refractivity (Wildman–Crippen MR) is 62.9 cm³/mol. The third kappa shape index (κ3) is 2.52. The number of aryl methyl sites for hydroxylation is 1. The first-order valence-corrected chi connectivity index (χ1v) is 5.93. The van der Waals surface area contributed by atoms with Crippen LogP contribution < -0.4 is 5.32 Å². The number of aliphatic carboxylic acids is 1. The van der Waals surface area contributed by atoms with Crippen molar-refractivity contribution in [2.24, 2.45) is 17.8 Å². The fourth-order valence-corrected chi connectivity index (χ4v) is 2.46. The number of rotatable bonds is 3. The average Bonchev–Trinajstić information content (AvgIpc) is 2.85. The van der Waals surface area contributed by atoms with E-state index in [9.17, 15) is 9.59 Å². The smallest absolute Gasteiger partial charge is 0.307 e. The minimum Gasteiger partial charge on any atom is -0.481 e. The van der Waals surface area contributed by atoms with Gasteiger partial charge in [0.15, 0.2) is 0 Å². The van der Waals surface area contributed by atoms with Crippen LogP contribution >= 0.6 is 0 Å². The molecule has 6 nitrogen and oxygen atoms in total. The molecule has 98 valence electrons. The molecule has 1 aliphatic carbocycles. The molecule has 0 spiro atoms. The topological polar surface area (TPSA) is 92.4 Å². The van der Waals surface area contributed by atoms with Crippen LogP contribution in [0.25, 0.3) is 0 Å².